The molecular formula is C13H15FN2O5. The molecule has 1 aromatic carbocycles. The van der Waals surface area contributed by atoms with Gasteiger partial charge in [-0.2, -0.15) is 0 Å². The fourth-order valence-electron chi connectivity index (χ4n) is 2.51. The van der Waals surface area contributed by atoms with Crippen LogP contribution in [0.2, 0.25) is 0 Å². The van der Waals surface area contributed by atoms with Gasteiger partial charge in [-0.15, -0.1) is 0 Å². The summed E-state index contributed by atoms with van der Waals surface area (Å²) in [5, 5.41) is 20.6. The summed E-state index contributed by atoms with van der Waals surface area (Å²) in [6, 6.07) is 2.48. The lowest BCUT2D eigenvalue weighted by Crippen LogP contribution is -2.36. The SMILES string of the molecule is COC(=O)C1CC(O)CN1Cc1cc(F)ccc1[N+](=O)[O-]. The van der Waals surface area contributed by atoms with E-state index in [9.17, 15) is 24.4 Å². The van der Waals surface area contributed by atoms with Crippen molar-refractivity contribution in [2.75, 3.05) is 13.7 Å². The van der Waals surface area contributed by atoms with Gasteiger partial charge in [0.05, 0.1) is 18.1 Å². The van der Waals surface area contributed by atoms with E-state index < -0.39 is 28.9 Å². The molecule has 1 N–H and O–H groups in total. The molecule has 2 atom stereocenters. The number of aliphatic hydroxyl groups excluding tert-OH is 1. The van der Waals surface area contributed by atoms with Gasteiger partial charge < -0.3 is 9.84 Å². The molecular weight excluding hydrogens is 283 g/mol. The fraction of sp³-hybridized carbons (Fsp3) is 0.462. The molecule has 0 amide bonds. The van der Waals surface area contributed by atoms with Gasteiger partial charge in [-0.05, 0) is 12.1 Å². The van der Waals surface area contributed by atoms with Crippen molar-refractivity contribution < 1.29 is 24.0 Å². The zero-order valence-corrected chi connectivity index (χ0v) is 11.4. The molecule has 1 fully saturated rings. The van der Waals surface area contributed by atoms with Crippen LogP contribution in [-0.4, -0.2) is 46.7 Å². The summed E-state index contributed by atoms with van der Waals surface area (Å²) in [4.78, 5) is 23.6. The van der Waals surface area contributed by atoms with E-state index in [1.165, 1.54) is 7.11 Å². The number of aliphatic hydroxyl groups is 1. The standard InChI is InChI=1S/C13H15FN2O5/c1-21-13(18)12-5-10(17)7-15(12)6-8-4-9(14)2-3-11(8)16(19)20/h2-4,10,12,17H,5-7H2,1H3. The molecule has 114 valence electrons. The van der Waals surface area contributed by atoms with Crippen LogP contribution >= 0.6 is 0 Å². The second kappa shape index (κ2) is 6.15. The maximum atomic E-state index is 13.3. The lowest BCUT2D eigenvalue weighted by Gasteiger charge is -2.21. The number of nitro benzene ring substituents is 1. The molecule has 8 heteroatoms. The maximum absolute atomic E-state index is 13.3. The molecule has 7 nitrogen and oxygen atoms in total. The van der Waals surface area contributed by atoms with Crippen LogP contribution in [0.4, 0.5) is 10.1 Å². The van der Waals surface area contributed by atoms with E-state index >= 15 is 0 Å². The Balaban J connectivity index is 2.26. The third-order valence-electron chi connectivity index (χ3n) is 3.47. The highest BCUT2D eigenvalue weighted by Crippen LogP contribution is 2.26. The largest absolute Gasteiger partial charge is 0.468 e. The number of esters is 1. The molecule has 21 heavy (non-hydrogen) atoms. The number of benzene rings is 1. The van der Waals surface area contributed by atoms with E-state index in [1.807, 2.05) is 0 Å². The molecule has 0 saturated carbocycles. The van der Waals surface area contributed by atoms with E-state index in [1.54, 1.807) is 4.90 Å². The van der Waals surface area contributed by atoms with Crippen molar-refractivity contribution in [2.45, 2.75) is 25.1 Å². The smallest absolute Gasteiger partial charge is 0.323 e. The summed E-state index contributed by atoms with van der Waals surface area (Å²) in [7, 11) is 1.23. The van der Waals surface area contributed by atoms with Gasteiger partial charge in [0.2, 0.25) is 0 Å². The number of carbonyl (C=O) groups excluding carboxylic acids is 1. The summed E-state index contributed by atoms with van der Waals surface area (Å²) >= 11 is 0. The average molecular weight is 298 g/mol. The molecule has 2 rings (SSSR count). The van der Waals surface area contributed by atoms with E-state index in [2.05, 4.69) is 4.74 Å². The number of likely N-dealkylation sites (tertiary alicyclic amines) is 1. The van der Waals surface area contributed by atoms with Crippen LogP contribution in [0.25, 0.3) is 0 Å². The van der Waals surface area contributed by atoms with Gasteiger partial charge in [0.1, 0.15) is 11.9 Å². The second-order valence-electron chi connectivity index (χ2n) is 4.89. The van der Waals surface area contributed by atoms with Crippen LogP contribution in [0.15, 0.2) is 18.2 Å². The molecule has 0 aromatic heterocycles. The van der Waals surface area contributed by atoms with Gasteiger partial charge in [0.25, 0.3) is 5.69 Å². The minimum absolute atomic E-state index is 0.00903. The summed E-state index contributed by atoms with van der Waals surface area (Å²) in [5.74, 6) is -1.12. The molecule has 2 unspecified atom stereocenters. The molecule has 1 aromatic rings. The van der Waals surface area contributed by atoms with Crippen molar-refractivity contribution in [2.24, 2.45) is 0 Å². The summed E-state index contributed by atoms with van der Waals surface area (Å²) < 4.78 is 18.0. The van der Waals surface area contributed by atoms with Crippen LogP contribution in [0, 0.1) is 15.9 Å². The lowest BCUT2D eigenvalue weighted by atomic mass is 10.1. The zero-order valence-electron chi connectivity index (χ0n) is 11.4. The van der Waals surface area contributed by atoms with Crippen LogP contribution < -0.4 is 0 Å². The Morgan fingerprint density at radius 1 is 1.62 bits per heavy atom. The Morgan fingerprint density at radius 2 is 2.33 bits per heavy atom. The quantitative estimate of drug-likeness (QED) is 0.503. The van der Waals surface area contributed by atoms with Crippen molar-refractivity contribution in [1.29, 1.82) is 0 Å². The number of hydrogen-bond donors (Lipinski definition) is 1. The van der Waals surface area contributed by atoms with Crippen LogP contribution in [0.1, 0.15) is 12.0 Å². The van der Waals surface area contributed by atoms with Gasteiger partial charge in [-0.25, -0.2) is 4.39 Å². The van der Waals surface area contributed by atoms with Crippen molar-refractivity contribution in [3.8, 4) is 0 Å². The van der Waals surface area contributed by atoms with E-state index in [0.717, 1.165) is 18.2 Å². The molecule has 0 bridgehead atoms. The van der Waals surface area contributed by atoms with E-state index in [-0.39, 0.29) is 30.8 Å². The summed E-state index contributed by atoms with van der Waals surface area (Å²) in [6.45, 7) is 0.165. The summed E-state index contributed by atoms with van der Waals surface area (Å²) in [5.41, 5.74) is -0.0654. The monoisotopic (exact) mass is 298 g/mol. The van der Waals surface area contributed by atoms with Gasteiger partial charge in [-0.1, -0.05) is 0 Å². The number of carbonyl (C=O) groups is 1. The number of ether oxygens (including phenoxy) is 1. The number of β-amino-alcohol motifs (C(OH)–C–C–N with tert-alkyl or cyclic N) is 1. The molecule has 1 heterocycles. The third-order valence-corrected chi connectivity index (χ3v) is 3.47. The van der Waals surface area contributed by atoms with Crippen molar-refractivity contribution >= 4 is 11.7 Å². The number of nitro groups is 1. The highest BCUT2D eigenvalue weighted by atomic mass is 19.1. The van der Waals surface area contributed by atoms with Gasteiger partial charge >= 0.3 is 5.97 Å². The van der Waals surface area contributed by atoms with E-state index in [0.29, 0.717) is 0 Å². The van der Waals surface area contributed by atoms with E-state index in [4.69, 9.17) is 0 Å². The Hall–Kier alpha value is -2.06. The number of halogens is 1. The predicted molar refractivity (Wildman–Crippen MR) is 69.9 cm³/mol. The number of rotatable bonds is 4. The number of nitrogens with zero attached hydrogens (tertiary/aromatic N) is 2. The van der Waals surface area contributed by atoms with Gasteiger partial charge in [0, 0.05) is 31.1 Å². The lowest BCUT2D eigenvalue weighted by molar-refractivity contribution is -0.385. The maximum Gasteiger partial charge on any atom is 0.323 e. The Kier molecular flexibility index (Phi) is 4.49. The highest BCUT2D eigenvalue weighted by molar-refractivity contribution is 5.76. The van der Waals surface area contributed by atoms with Crippen LogP contribution in [-0.2, 0) is 16.1 Å². The molecule has 0 radical (unpaired) electrons. The zero-order chi connectivity index (χ0) is 15.6. The molecule has 1 saturated heterocycles. The number of hydrogen-bond acceptors (Lipinski definition) is 6. The first-order chi connectivity index (χ1) is 9.92. The first kappa shape index (κ1) is 15.3. The molecule has 1 aliphatic rings. The highest BCUT2D eigenvalue weighted by Gasteiger charge is 2.37. The minimum atomic E-state index is -0.721. The van der Waals surface area contributed by atoms with Crippen molar-refractivity contribution in [3.63, 3.8) is 0 Å². The van der Waals surface area contributed by atoms with Crippen LogP contribution in [0.5, 0.6) is 0 Å². The average Bonchev–Trinajstić information content (AvgIpc) is 2.78. The first-order valence-corrected chi connectivity index (χ1v) is 6.35. The van der Waals surface area contributed by atoms with Crippen molar-refractivity contribution in [3.05, 3.63) is 39.7 Å². The van der Waals surface area contributed by atoms with Crippen LogP contribution in [0.3, 0.4) is 0 Å². The third kappa shape index (κ3) is 3.34. The topological polar surface area (TPSA) is 92.9 Å². The molecule has 0 spiro atoms. The Labute approximate surface area is 120 Å². The van der Waals surface area contributed by atoms with Crippen molar-refractivity contribution in [1.82, 2.24) is 4.90 Å². The second-order valence-corrected chi connectivity index (χ2v) is 4.89. The first-order valence-electron chi connectivity index (χ1n) is 6.35. The summed E-state index contributed by atoms with van der Waals surface area (Å²) in [6.07, 6.45) is -0.530. The predicted octanol–water partition coefficient (Wildman–Crippen LogP) is 0.842. The molecule has 0 aliphatic carbocycles. The Bertz CT molecular complexity index is 565. The normalized spacial score (nSPS) is 22.2. The minimum Gasteiger partial charge on any atom is -0.468 e. The fourth-order valence-corrected chi connectivity index (χ4v) is 2.51. The number of methoxy groups -OCH3 is 1. The molecule has 1 aliphatic heterocycles. The Morgan fingerprint density at radius 3 is 2.95 bits per heavy atom. The van der Waals surface area contributed by atoms with Gasteiger partial charge in [-0.3, -0.25) is 19.8 Å². The van der Waals surface area contributed by atoms with Gasteiger partial charge in [0.15, 0.2) is 0 Å².